The topological polar surface area (TPSA) is 55.0 Å². The van der Waals surface area contributed by atoms with Gasteiger partial charge in [0.2, 0.25) is 0 Å². The molecule has 0 radical (unpaired) electrons. The molecule has 1 fully saturated rings. The minimum Gasteiger partial charge on any atom is -0.435 e. The number of aromatic amines is 1. The van der Waals surface area contributed by atoms with Crippen LogP contribution in [0.4, 0.5) is 8.78 Å². The quantitative estimate of drug-likeness (QED) is 0.746. The van der Waals surface area contributed by atoms with Gasteiger partial charge in [-0.15, -0.1) is 0 Å². The molecule has 1 N–H and O–H groups in total. The normalized spacial score (nSPS) is 14.6. The Morgan fingerprint density at radius 3 is 2.83 bits per heavy atom. The fraction of sp³-hybridized carbons (Fsp3) is 0.529. The van der Waals surface area contributed by atoms with Gasteiger partial charge in [-0.2, -0.15) is 8.78 Å². The minimum atomic E-state index is -2.89. The Balaban J connectivity index is 1.63. The second-order valence-corrected chi connectivity index (χ2v) is 6.11. The molecule has 1 aromatic heterocycles. The second-order valence-electron chi connectivity index (χ2n) is 6.11. The summed E-state index contributed by atoms with van der Waals surface area (Å²) >= 11 is 0. The van der Waals surface area contributed by atoms with E-state index in [1.54, 1.807) is 6.07 Å². The van der Waals surface area contributed by atoms with Crippen LogP contribution in [-0.2, 0) is 6.42 Å². The Bertz CT molecular complexity index is 726. The van der Waals surface area contributed by atoms with Gasteiger partial charge in [-0.25, -0.2) is 4.98 Å². The highest BCUT2D eigenvalue weighted by Crippen LogP contribution is 2.34. The maximum atomic E-state index is 12.2. The van der Waals surface area contributed by atoms with Crippen LogP contribution < -0.4 is 10.3 Å². The summed E-state index contributed by atoms with van der Waals surface area (Å²) in [5.74, 6) is 0.958. The zero-order valence-electron chi connectivity index (χ0n) is 12.9. The van der Waals surface area contributed by atoms with E-state index in [-0.39, 0.29) is 11.3 Å². The third-order valence-corrected chi connectivity index (χ3v) is 4.18. The zero-order valence-corrected chi connectivity index (χ0v) is 12.9. The molecule has 1 aliphatic rings. The molecule has 0 spiro atoms. The molecule has 23 heavy (non-hydrogen) atoms. The standard InChI is InChI=1S/C17H20F2N2O2/c18-17(19)23-12-8-9-13-15(10-12)21-16(22)14(20-13)5-3-1-2-4-11-6-7-11/h8-11,17H,1-7H2,(H,21,22). The van der Waals surface area contributed by atoms with Crippen LogP contribution in [0.3, 0.4) is 0 Å². The lowest BCUT2D eigenvalue weighted by Crippen LogP contribution is -2.15. The van der Waals surface area contributed by atoms with Crippen molar-refractivity contribution in [3.05, 3.63) is 34.2 Å². The van der Waals surface area contributed by atoms with E-state index in [4.69, 9.17) is 0 Å². The number of benzene rings is 1. The average Bonchev–Trinajstić information content (AvgIpc) is 3.31. The molecule has 4 nitrogen and oxygen atoms in total. The van der Waals surface area contributed by atoms with Crippen molar-refractivity contribution in [3.63, 3.8) is 0 Å². The number of H-pyrrole nitrogens is 1. The molecule has 3 rings (SSSR count). The van der Waals surface area contributed by atoms with Crippen LogP contribution in [0.1, 0.15) is 44.2 Å². The van der Waals surface area contributed by atoms with E-state index in [2.05, 4.69) is 14.7 Å². The van der Waals surface area contributed by atoms with Crippen LogP contribution in [0.5, 0.6) is 5.75 Å². The lowest BCUT2D eigenvalue weighted by Gasteiger charge is -2.06. The molecule has 0 saturated heterocycles. The van der Waals surface area contributed by atoms with Gasteiger partial charge in [0, 0.05) is 6.07 Å². The number of aryl methyl sites for hydroxylation is 1. The van der Waals surface area contributed by atoms with Crippen molar-refractivity contribution in [1.82, 2.24) is 9.97 Å². The number of rotatable bonds is 8. The van der Waals surface area contributed by atoms with Crippen molar-refractivity contribution < 1.29 is 13.5 Å². The highest BCUT2D eigenvalue weighted by Gasteiger charge is 2.19. The maximum Gasteiger partial charge on any atom is 0.387 e. The molecular weight excluding hydrogens is 302 g/mol. The monoisotopic (exact) mass is 322 g/mol. The predicted molar refractivity (Wildman–Crippen MR) is 83.9 cm³/mol. The van der Waals surface area contributed by atoms with Gasteiger partial charge in [0.15, 0.2) is 0 Å². The Kier molecular flexibility index (Phi) is 4.88. The average molecular weight is 322 g/mol. The molecule has 0 amide bonds. The molecule has 1 heterocycles. The fourth-order valence-corrected chi connectivity index (χ4v) is 2.76. The molecule has 124 valence electrons. The van der Waals surface area contributed by atoms with Gasteiger partial charge in [-0.1, -0.05) is 32.1 Å². The van der Waals surface area contributed by atoms with E-state index in [0.717, 1.165) is 18.8 Å². The Morgan fingerprint density at radius 1 is 1.26 bits per heavy atom. The molecule has 2 aromatic rings. The number of halogens is 2. The van der Waals surface area contributed by atoms with Crippen molar-refractivity contribution in [2.24, 2.45) is 5.92 Å². The van der Waals surface area contributed by atoms with Crippen LogP contribution in [0.2, 0.25) is 0 Å². The SMILES string of the molecule is O=c1[nH]c2cc(OC(F)F)ccc2nc1CCCCCC1CC1. The summed E-state index contributed by atoms with van der Waals surface area (Å²) in [6, 6.07) is 4.38. The first-order valence-corrected chi connectivity index (χ1v) is 8.09. The van der Waals surface area contributed by atoms with Crippen LogP contribution in [-0.4, -0.2) is 16.6 Å². The summed E-state index contributed by atoms with van der Waals surface area (Å²) in [6.45, 7) is -2.89. The Labute approximate surface area is 132 Å². The molecule has 1 aromatic carbocycles. The van der Waals surface area contributed by atoms with E-state index >= 15 is 0 Å². The maximum absolute atomic E-state index is 12.2. The number of ether oxygens (including phenoxy) is 1. The van der Waals surface area contributed by atoms with Gasteiger partial charge in [0.1, 0.15) is 11.4 Å². The number of hydrogen-bond donors (Lipinski definition) is 1. The summed E-state index contributed by atoms with van der Waals surface area (Å²) in [6.07, 6.45) is 7.97. The fourth-order valence-electron chi connectivity index (χ4n) is 2.76. The summed E-state index contributed by atoms with van der Waals surface area (Å²) in [4.78, 5) is 19.1. The smallest absolute Gasteiger partial charge is 0.387 e. The summed E-state index contributed by atoms with van der Waals surface area (Å²) in [5, 5.41) is 0. The number of unbranched alkanes of at least 4 members (excludes halogenated alkanes) is 2. The number of fused-ring (bicyclic) bond motifs is 1. The van der Waals surface area contributed by atoms with E-state index < -0.39 is 6.61 Å². The van der Waals surface area contributed by atoms with Crippen molar-refractivity contribution >= 4 is 11.0 Å². The molecule has 0 unspecified atom stereocenters. The molecular formula is C17H20F2N2O2. The number of alkyl halides is 2. The summed E-state index contributed by atoms with van der Waals surface area (Å²) < 4.78 is 28.7. The van der Waals surface area contributed by atoms with E-state index in [9.17, 15) is 13.6 Å². The van der Waals surface area contributed by atoms with Gasteiger partial charge < -0.3 is 9.72 Å². The third kappa shape index (κ3) is 4.50. The Hall–Kier alpha value is -1.98. The van der Waals surface area contributed by atoms with E-state index in [0.29, 0.717) is 23.1 Å². The van der Waals surface area contributed by atoms with Gasteiger partial charge in [0.25, 0.3) is 5.56 Å². The highest BCUT2D eigenvalue weighted by atomic mass is 19.3. The number of nitrogens with zero attached hydrogens (tertiary/aromatic N) is 1. The molecule has 6 heteroatoms. The lowest BCUT2D eigenvalue weighted by molar-refractivity contribution is -0.0497. The summed E-state index contributed by atoms with van der Waals surface area (Å²) in [5.41, 5.74) is 1.24. The first-order chi connectivity index (χ1) is 11.1. The highest BCUT2D eigenvalue weighted by molar-refractivity contribution is 5.75. The number of aromatic nitrogens is 2. The van der Waals surface area contributed by atoms with Gasteiger partial charge in [-0.05, 0) is 30.9 Å². The first kappa shape index (κ1) is 15.9. The van der Waals surface area contributed by atoms with Crippen molar-refractivity contribution in [2.75, 3.05) is 0 Å². The molecule has 1 saturated carbocycles. The Morgan fingerprint density at radius 2 is 2.09 bits per heavy atom. The van der Waals surface area contributed by atoms with E-state index in [1.165, 1.54) is 37.8 Å². The first-order valence-electron chi connectivity index (χ1n) is 8.09. The summed E-state index contributed by atoms with van der Waals surface area (Å²) in [7, 11) is 0. The van der Waals surface area contributed by atoms with E-state index in [1.807, 2.05) is 0 Å². The third-order valence-electron chi connectivity index (χ3n) is 4.18. The van der Waals surface area contributed by atoms with Crippen LogP contribution >= 0.6 is 0 Å². The number of hydrogen-bond acceptors (Lipinski definition) is 3. The zero-order chi connectivity index (χ0) is 16.2. The predicted octanol–water partition coefficient (Wildman–Crippen LogP) is 4.04. The van der Waals surface area contributed by atoms with Crippen LogP contribution in [0, 0.1) is 5.92 Å². The molecule has 0 aliphatic heterocycles. The number of nitrogens with one attached hydrogen (secondary N) is 1. The van der Waals surface area contributed by atoms with Crippen molar-refractivity contribution in [2.45, 2.75) is 51.6 Å². The molecule has 1 aliphatic carbocycles. The van der Waals surface area contributed by atoms with Crippen molar-refractivity contribution in [3.8, 4) is 5.75 Å². The van der Waals surface area contributed by atoms with Crippen molar-refractivity contribution in [1.29, 1.82) is 0 Å². The largest absolute Gasteiger partial charge is 0.435 e. The second kappa shape index (κ2) is 7.06. The molecule has 0 bridgehead atoms. The van der Waals surface area contributed by atoms with Gasteiger partial charge in [-0.3, -0.25) is 4.79 Å². The van der Waals surface area contributed by atoms with Gasteiger partial charge >= 0.3 is 6.61 Å². The lowest BCUT2D eigenvalue weighted by atomic mass is 10.1. The van der Waals surface area contributed by atoms with Gasteiger partial charge in [0.05, 0.1) is 11.0 Å². The van der Waals surface area contributed by atoms with Crippen LogP contribution in [0.15, 0.2) is 23.0 Å². The molecule has 0 atom stereocenters. The van der Waals surface area contributed by atoms with Crippen LogP contribution in [0.25, 0.3) is 11.0 Å². The minimum absolute atomic E-state index is 0.0118.